The molecule has 1 unspecified atom stereocenters. The van der Waals surface area contributed by atoms with Crippen LogP contribution in [0.5, 0.6) is 0 Å². The number of rotatable bonds is 2. The van der Waals surface area contributed by atoms with E-state index in [1.807, 2.05) is 0 Å². The van der Waals surface area contributed by atoms with Crippen molar-refractivity contribution in [1.29, 1.82) is 0 Å². The molecule has 2 aromatic carbocycles. The molecule has 0 bridgehead atoms. The number of nitrogens with two attached hydrogens (primary N) is 1. The van der Waals surface area contributed by atoms with Crippen molar-refractivity contribution in [1.82, 2.24) is 0 Å². The number of aliphatic hydroxyl groups is 1. The first-order chi connectivity index (χ1) is 9.70. The standard InChI is InChI=1S/C14H10BrF4NO/c15-8-2-3-11(16)9(6-8)13(21)10-5-7(14(17,18)19)1-4-12(10)20/h1-6,13,21H,20H2. The van der Waals surface area contributed by atoms with Crippen LogP contribution >= 0.6 is 15.9 Å². The smallest absolute Gasteiger partial charge is 0.398 e. The summed E-state index contributed by atoms with van der Waals surface area (Å²) in [5.74, 6) is -0.734. The molecule has 7 heteroatoms. The van der Waals surface area contributed by atoms with Gasteiger partial charge in [-0.05, 0) is 36.4 Å². The SMILES string of the molecule is Nc1ccc(C(F)(F)F)cc1C(O)c1cc(Br)ccc1F. The van der Waals surface area contributed by atoms with E-state index in [1.54, 1.807) is 0 Å². The first-order valence-electron chi connectivity index (χ1n) is 5.80. The molecular weight excluding hydrogens is 354 g/mol. The highest BCUT2D eigenvalue weighted by Crippen LogP contribution is 2.35. The molecule has 0 fully saturated rings. The summed E-state index contributed by atoms with van der Waals surface area (Å²) in [5, 5.41) is 10.2. The second-order valence-electron chi connectivity index (χ2n) is 4.41. The highest BCUT2D eigenvalue weighted by molar-refractivity contribution is 9.10. The second kappa shape index (κ2) is 5.65. The number of nitrogen functional groups attached to an aromatic ring is 1. The Morgan fingerprint density at radius 1 is 1.05 bits per heavy atom. The maximum Gasteiger partial charge on any atom is 0.416 e. The van der Waals surface area contributed by atoms with Crippen molar-refractivity contribution in [3.8, 4) is 0 Å². The number of alkyl halides is 3. The first kappa shape index (κ1) is 15.8. The zero-order valence-corrected chi connectivity index (χ0v) is 12.0. The highest BCUT2D eigenvalue weighted by Gasteiger charge is 2.32. The van der Waals surface area contributed by atoms with Crippen LogP contribution in [0, 0.1) is 5.82 Å². The first-order valence-corrected chi connectivity index (χ1v) is 6.59. The third kappa shape index (κ3) is 3.36. The average Bonchev–Trinajstić information content (AvgIpc) is 2.40. The van der Waals surface area contributed by atoms with Gasteiger partial charge >= 0.3 is 6.18 Å². The van der Waals surface area contributed by atoms with E-state index in [-0.39, 0.29) is 16.8 Å². The van der Waals surface area contributed by atoms with Crippen molar-refractivity contribution in [2.24, 2.45) is 0 Å². The fraction of sp³-hybridized carbons (Fsp3) is 0.143. The Bertz CT molecular complexity index is 673. The van der Waals surface area contributed by atoms with Gasteiger partial charge in [0.25, 0.3) is 0 Å². The van der Waals surface area contributed by atoms with Gasteiger partial charge in [-0.3, -0.25) is 0 Å². The van der Waals surface area contributed by atoms with E-state index in [2.05, 4.69) is 15.9 Å². The van der Waals surface area contributed by atoms with E-state index < -0.39 is 23.7 Å². The van der Waals surface area contributed by atoms with Gasteiger partial charge in [-0.15, -0.1) is 0 Å². The van der Waals surface area contributed by atoms with Gasteiger partial charge in [-0.1, -0.05) is 15.9 Å². The quantitative estimate of drug-likeness (QED) is 0.618. The summed E-state index contributed by atoms with van der Waals surface area (Å²) < 4.78 is 52.3. The summed E-state index contributed by atoms with van der Waals surface area (Å²) >= 11 is 3.11. The Labute approximate surface area is 126 Å². The fourth-order valence-electron chi connectivity index (χ4n) is 1.88. The van der Waals surface area contributed by atoms with Crippen LogP contribution in [-0.2, 0) is 6.18 Å². The molecule has 0 amide bonds. The van der Waals surface area contributed by atoms with Crippen molar-refractivity contribution in [3.05, 3.63) is 63.4 Å². The largest absolute Gasteiger partial charge is 0.416 e. The lowest BCUT2D eigenvalue weighted by Gasteiger charge is -2.17. The van der Waals surface area contributed by atoms with E-state index in [9.17, 15) is 22.7 Å². The number of anilines is 1. The van der Waals surface area contributed by atoms with Crippen molar-refractivity contribution >= 4 is 21.6 Å². The average molecular weight is 364 g/mol. The predicted octanol–water partition coefficient (Wildman–Crippen LogP) is 4.27. The topological polar surface area (TPSA) is 46.2 Å². The van der Waals surface area contributed by atoms with Crippen LogP contribution < -0.4 is 5.73 Å². The van der Waals surface area contributed by atoms with Gasteiger partial charge in [0.2, 0.25) is 0 Å². The number of aliphatic hydroxyl groups excluding tert-OH is 1. The van der Waals surface area contributed by atoms with Gasteiger partial charge < -0.3 is 10.8 Å². The van der Waals surface area contributed by atoms with Gasteiger partial charge in [0.05, 0.1) is 5.56 Å². The summed E-state index contributed by atoms with van der Waals surface area (Å²) in [6.07, 6.45) is -6.16. The summed E-state index contributed by atoms with van der Waals surface area (Å²) in [7, 11) is 0. The van der Waals surface area contributed by atoms with Crippen molar-refractivity contribution in [2.75, 3.05) is 5.73 Å². The minimum atomic E-state index is -4.57. The Balaban J connectivity index is 2.52. The molecule has 0 aromatic heterocycles. The molecule has 112 valence electrons. The van der Waals surface area contributed by atoms with Crippen LogP contribution in [0.1, 0.15) is 22.8 Å². The van der Waals surface area contributed by atoms with Crippen LogP contribution in [0.25, 0.3) is 0 Å². The predicted molar refractivity (Wildman–Crippen MR) is 74.0 cm³/mol. The lowest BCUT2D eigenvalue weighted by molar-refractivity contribution is -0.137. The molecule has 21 heavy (non-hydrogen) atoms. The summed E-state index contributed by atoms with van der Waals surface area (Å²) in [4.78, 5) is 0. The van der Waals surface area contributed by atoms with E-state index >= 15 is 0 Å². The van der Waals surface area contributed by atoms with Gasteiger partial charge in [-0.25, -0.2) is 4.39 Å². The molecule has 0 saturated heterocycles. The minimum Gasteiger partial charge on any atom is -0.398 e. The molecule has 0 spiro atoms. The second-order valence-corrected chi connectivity index (χ2v) is 5.33. The van der Waals surface area contributed by atoms with Gasteiger partial charge in [0, 0.05) is 21.3 Å². The van der Waals surface area contributed by atoms with E-state index in [0.29, 0.717) is 4.47 Å². The van der Waals surface area contributed by atoms with Crippen LogP contribution in [0.3, 0.4) is 0 Å². The van der Waals surface area contributed by atoms with Gasteiger partial charge in [0.15, 0.2) is 0 Å². The Morgan fingerprint density at radius 2 is 1.71 bits per heavy atom. The van der Waals surface area contributed by atoms with Gasteiger partial charge in [0.1, 0.15) is 11.9 Å². The third-order valence-corrected chi connectivity index (χ3v) is 3.45. The molecule has 3 N–H and O–H groups in total. The van der Waals surface area contributed by atoms with Gasteiger partial charge in [-0.2, -0.15) is 13.2 Å². The molecule has 0 aliphatic carbocycles. The highest BCUT2D eigenvalue weighted by atomic mass is 79.9. The number of hydrogen-bond acceptors (Lipinski definition) is 2. The van der Waals surface area contributed by atoms with Crippen LogP contribution in [0.2, 0.25) is 0 Å². The van der Waals surface area contributed by atoms with E-state index in [4.69, 9.17) is 5.73 Å². The van der Waals surface area contributed by atoms with Crippen molar-refractivity contribution in [3.63, 3.8) is 0 Å². The lowest BCUT2D eigenvalue weighted by Crippen LogP contribution is -2.10. The molecule has 2 rings (SSSR count). The molecule has 2 nitrogen and oxygen atoms in total. The van der Waals surface area contributed by atoms with Crippen molar-refractivity contribution in [2.45, 2.75) is 12.3 Å². The molecule has 0 aliphatic rings. The molecule has 0 saturated carbocycles. The van der Waals surface area contributed by atoms with E-state index in [1.165, 1.54) is 12.1 Å². The zero-order chi connectivity index (χ0) is 15.8. The molecule has 0 radical (unpaired) electrons. The molecule has 2 aromatic rings. The molecule has 0 aliphatic heterocycles. The normalized spacial score (nSPS) is 13.2. The third-order valence-electron chi connectivity index (χ3n) is 2.96. The lowest BCUT2D eigenvalue weighted by atomic mass is 9.97. The molecule has 0 heterocycles. The Kier molecular flexibility index (Phi) is 4.25. The maximum atomic E-state index is 13.7. The van der Waals surface area contributed by atoms with Crippen LogP contribution in [0.4, 0.5) is 23.2 Å². The molecular formula is C14H10BrF4NO. The Morgan fingerprint density at radius 3 is 2.33 bits per heavy atom. The van der Waals surface area contributed by atoms with Crippen molar-refractivity contribution < 1.29 is 22.7 Å². The summed E-state index contributed by atoms with van der Waals surface area (Å²) in [5.41, 5.74) is 4.24. The van der Waals surface area contributed by atoms with E-state index in [0.717, 1.165) is 24.3 Å². The number of benzene rings is 2. The summed E-state index contributed by atoms with van der Waals surface area (Å²) in [6.45, 7) is 0. The zero-order valence-electron chi connectivity index (χ0n) is 10.5. The monoisotopic (exact) mass is 363 g/mol. The van der Waals surface area contributed by atoms with Crippen LogP contribution in [0.15, 0.2) is 40.9 Å². The molecule has 1 atom stereocenters. The number of halogens is 5. The Hall–Kier alpha value is -1.60. The maximum absolute atomic E-state index is 13.7. The summed E-state index contributed by atoms with van der Waals surface area (Å²) in [6, 6.07) is 6.38. The van der Waals surface area contributed by atoms with Crippen LogP contribution in [-0.4, -0.2) is 5.11 Å². The fourth-order valence-corrected chi connectivity index (χ4v) is 2.26. The minimum absolute atomic E-state index is 0.0464. The number of hydrogen-bond donors (Lipinski definition) is 2.